The summed E-state index contributed by atoms with van der Waals surface area (Å²) < 4.78 is 0. The normalized spacial score (nSPS) is 71.5. The van der Waals surface area contributed by atoms with E-state index >= 15 is 0 Å². The van der Waals surface area contributed by atoms with Gasteiger partial charge in [0.15, 0.2) is 0 Å². The maximum absolute atomic E-state index is 2.67. The molecule has 0 amide bonds. The zero-order chi connectivity index (χ0) is 12.2. The molecule has 0 aromatic heterocycles. The molecular formula is C17H28. The molecule has 0 heterocycles. The summed E-state index contributed by atoms with van der Waals surface area (Å²) in [6.07, 6.45) is 6.06. The van der Waals surface area contributed by atoms with Crippen LogP contribution in [-0.2, 0) is 0 Å². The molecular weight excluding hydrogens is 204 g/mol. The molecule has 4 fully saturated rings. The SMILES string of the molecule is CCC1CC2(C)C1C1(C)CC(C)C3CC(C)C312. The highest BCUT2D eigenvalue weighted by molar-refractivity contribution is 5.36. The van der Waals surface area contributed by atoms with Crippen LogP contribution in [0.15, 0.2) is 0 Å². The van der Waals surface area contributed by atoms with Gasteiger partial charge in [-0.1, -0.05) is 41.0 Å². The lowest BCUT2D eigenvalue weighted by Gasteiger charge is -2.87. The first kappa shape index (κ1) is 10.9. The first-order valence-electron chi connectivity index (χ1n) is 7.93. The van der Waals surface area contributed by atoms with E-state index in [-0.39, 0.29) is 0 Å². The van der Waals surface area contributed by atoms with Gasteiger partial charge in [0.05, 0.1) is 0 Å². The second-order valence-electron chi connectivity index (χ2n) is 8.48. The smallest absolute Gasteiger partial charge is 0.0127 e. The maximum Gasteiger partial charge on any atom is -0.0127 e. The summed E-state index contributed by atoms with van der Waals surface area (Å²) in [6, 6.07) is 0. The van der Waals surface area contributed by atoms with Gasteiger partial charge in [0.2, 0.25) is 0 Å². The van der Waals surface area contributed by atoms with Crippen molar-refractivity contribution in [3.05, 3.63) is 0 Å². The van der Waals surface area contributed by atoms with Crippen LogP contribution in [0, 0.1) is 45.8 Å². The molecule has 0 N–H and O–H groups in total. The summed E-state index contributed by atoms with van der Waals surface area (Å²) in [7, 11) is 0. The standard InChI is InChI=1S/C17H28/c1-6-12-9-16(5)14(12)15(4)8-10(2)13-7-11(3)17(13,15)16/h10-14H,6-9H2,1-5H3. The third kappa shape index (κ3) is 0.720. The number of hydrogen-bond donors (Lipinski definition) is 0. The molecule has 0 aromatic carbocycles. The lowest BCUT2D eigenvalue weighted by molar-refractivity contribution is -0.398. The minimum atomic E-state index is 0.725. The van der Waals surface area contributed by atoms with Gasteiger partial charge in [-0.25, -0.2) is 0 Å². The second-order valence-corrected chi connectivity index (χ2v) is 8.48. The van der Waals surface area contributed by atoms with Crippen LogP contribution in [0.2, 0.25) is 0 Å². The van der Waals surface area contributed by atoms with Crippen molar-refractivity contribution >= 4 is 0 Å². The first-order chi connectivity index (χ1) is 7.93. The van der Waals surface area contributed by atoms with Crippen molar-refractivity contribution in [2.75, 3.05) is 0 Å². The van der Waals surface area contributed by atoms with Crippen LogP contribution in [-0.4, -0.2) is 0 Å². The van der Waals surface area contributed by atoms with Gasteiger partial charge in [0.1, 0.15) is 0 Å². The Bertz CT molecular complexity index is 385. The van der Waals surface area contributed by atoms with Crippen LogP contribution in [0.4, 0.5) is 0 Å². The third-order valence-electron chi connectivity index (χ3n) is 8.35. The molecule has 0 heteroatoms. The monoisotopic (exact) mass is 232 g/mol. The predicted molar refractivity (Wildman–Crippen MR) is 71.6 cm³/mol. The van der Waals surface area contributed by atoms with Crippen molar-refractivity contribution in [2.45, 2.75) is 60.3 Å². The van der Waals surface area contributed by atoms with Crippen molar-refractivity contribution in [3.63, 3.8) is 0 Å². The molecule has 1 spiro atoms. The molecule has 0 nitrogen and oxygen atoms in total. The van der Waals surface area contributed by atoms with Crippen LogP contribution >= 0.6 is 0 Å². The zero-order valence-corrected chi connectivity index (χ0v) is 12.2. The van der Waals surface area contributed by atoms with Crippen molar-refractivity contribution in [1.29, 1.82) is 0 Å². The van der Waals surface area contributed by atoms with Crippen molar-refractivity contribution in [1.82, 2.24) is 0 Å². The zero-order valence-electron chi connectivity index (χ0n) is 12.2. The van der Waals surface area contributed by atoms with E-state index in [9.17, 15) is 0 Å². The summed E-state index contributed by atoms with van der Waals surface area (Å²) in [5.74, 6) is 5.25. The molecule has 0 aromatic rings. The minimum absolute atomic E-state index is 0.725. The van der Waals surface area contributed by atoms with E-state index in [0.29, 0.717) is 0 Å². The molecule has 0 saturated heterocycles. The van der Waals surface area contributed by atoms with E-state index in [2.05, 4.69) is 34.6 Å². The molecule has 8 atom stereocenters. The Morgan fingerprint density at radius 1 is 1.06 bits per heavy atom. The highest BCUT2D eigenvalue weighted by atomic mass is 14.9. The Morgan fingerprint density at radius 3 is 2.29 bits per heavy atom. The van der Waals surface area contributed by atoms with E-state index in [1.165, 1.54) is 12.8 Å². The topological polar surface area (TPSA) is 0 Å². The number of hydrogen-bond acceptors (Lipinski definition) is 0. The maximum atomic E-state index is 2.67. The van der Waals surface area contributed by atoms with E-state index in [0.717, 1.165) is 45.8 Å². The lowest BCUT2D eigenvalue weighted by Crippen LogP contribution is -2.82. The molecule has 4 rings (SSSR count). The van der Waals surface area contributed by atoms with Crippen molar-refractivity contribution < 1.29 is 0 Å². The van der Waals surface area contributed by atoms with Gasteiger partial charge in [-0.05, 0) is 65.1 Å². The van der Waals surface area contributed by atoms with Gasteiger partial charge in [-0.2, -0.15) is 0 Å². The average molecular weight is 232 g/mol. The van der Waals surface area contributed by atoms with Crippen LogP contribution in [0.1, 0.15) is 60.3 Å². The van der Waals surface area contributed by atoms with Crippen molar-refractivity contribution in [2.24, 2.45) is 45.8 Å². The Morgan fingerprint density at radius 2 is 1.71 bits per heavy atom. The Balaban J connectivity index is 1.81. The molecule has 8 unspecified atom stereocenters. The quantitative estimate of drug-likeness (QED) is 0.612. The highest BCUT2D eigenvalue weighted by Gasteiger charge is 2.89. The number of rotatable bonds is 1. The number of fused-ring (bicyclic) bond motifs is 2. The Kier molecular flexibility index (Phi) is 1.68. The van der Waals surface area contributed by atoms with E-state index < -0.39 is 0 Å². The Labute approximate surface area is 107 Å². The minimum Gasteiger partial charge on any atom is -0.0651 e. The largest absolute Gasteiger partial charge is 0.0651 e. The summed E-state index contributed by atoms with van der Waals surface area (Å²) >= 11 is 0. The molecule has 96 valence electrons. The van der Waals surface area contributed by atoms with Crippen molar-refractivity contribution in [3.8, 4) is 0 Å². The van der Waals surface area contributed by atoms with Crippen LogP contribution in [0.25, 0.3) is 0 Å². The third-order valence-corrected chi connectivity index (χ3v) is 8.35. The molecule has 17 heavy (non-hydrogen) atoms. The molecule has 4 aliphatic rings. The molecule has 0 bridgehead atoms. The van der Waals surface area contributed by atoms with Crippen LogP contribution in [0.3, 0.4) is 0 Å². The van der Waals surface area contributed by atoms with Crippen LogP contribution in [0.5, 0.6) is 0 Å². The van der Waals surface area contributed by atoms with E-state index in [1.807, 2.05) is 0 Å². The van der Waals surface area contributed by atoms with E-state index in [4.69, 9.17) is 0 Å². The van der Waals surface area contributed by atoms with Gasteiger partial charge in [-0.15, -0.1) is 0 Å². The summed E-state index contributed by atoms with van der Waals surface area (Å²) in [5, 5.41) is 0. The summed E-state index contributed by atoms with van der Waals surface area (Å²) in [4.78, 5) is 0. The molecule has 4 aliphatic carbocycles. The van der Waals surface area contributed by atoms with Gasteiger partial charge < -0.3 is 0 Å². The van der Waals surface area contributed by atoms with Crippen LogP contribution < -0.4 is 0 Å². The van der Waals surface area contributed by atoms with E-state index in [1.54, 1.807) is 12.8 Å². The summed E-state index contributed by atoms with van der Waals surface area (Å²) in [6.45, 7) is 12.9. The molecule has 0 aliphatic heterocycles. The molecule has 4 saturated carbocycles. The van der Waals surface area contributed by atoms with Gasteiger partial charge in [0, 0.05) is 0 Å². The average Bonchev–Trinajstić information content (AvgIpc) is 2.37. The fourth-order valence-electron chi connectivity index (χ4n) is 8.73. The fraction of sp³-hybridized carbons (Fsp3) is 1.00. The predicted octanol–water partition coefficient (Wildman–Crippen LogP) is 4.74. The van der Waals surface area contributed by atoms with Gasteiger partial charge >= 0.3 is 0 Å². The van der Waals surface area contributed by atoms with Gasteiger partial charge in [0.25, 0.3) is 0 Å². The fourth-order valence-corrected chi connectivity index (χ4v) is 8.73. The first-order valence-corrected chi connectivity index (χ1v) is 7.93. The highest BCUT2D eigenvalue weighted by Crippen LogP contribution is 2.94. The summed E-state index contributed by atoms with van der Waals surface area (Å²) in [5.41, 5.74) is 2.24. The van der Waals surface area contributed by atoms with Gasteiger partial charge in [-0.3, -0.25) is 0 Å². The second kappa shape index (κ2) is 2.63. The lowest BCUT2D eigenvalue weighted by atomic mass is 9.17. The Hall–Kier alpha value is 0. The molecule has 0 radical (unpaired) electrons.